The molecule has 0 spiro atoms. The van der Waals surface area contributed by atoms with Crippen LogP contribution in [0, 0.1) is 13.8 Å². The van der Waals surface area contributed by atoms with Crippen molar-refractivity contribution in [2.75, 3.05) is 10.7 Å². The quantitative estimate of drug-likeness (QED) is 0.797. The number of benzene rings is 2. The molecule has 108 valence electrons. The van der Waals surface area contributed by atoms with Crippen LogP contribution in [0.25, 0.3) is 0 Å². The third-order valence-corrected chi connectivity index (χ3v) is 4.97. The van der Waals surface area contributed by atoms with E-state index in [1.54, 1.807) is 11.8 Å². The summed E-state index contributed by atoms with van der Waals surface area (Å²) in [5.41, 5.74) is 4.42. The van der Waals surface area contributed by atoms with Crippen LogP contribution in [0.4, 0.5) is 5.69 Å². The predicted molar refractivity (Wildman–Crippen MR) is 90.1 cm³/mol. The molecule has 2 aromatic carbocycles. The van der Waals surface area contributed by atoms with Crippen LogP contribution in [0.5, 0.6) is 0 Å². The zero-order valence-corrected chi connectivity index (χ0v) is 13.5. The van der Waals surface area contributed by atoms with E-state index < -0.39 is 0 Å². The van der Waals surface area contributed by atoms with Crippen LogP contribution in [0.1, 0.15) is 22.1 Å². The van der Waals surface area contributed by atoms with Crippen molar-refractivity contribution >= 4 is 35.0 Å². The van der Waals surface area contributed by atoms with E-state index in [4.69, 9.17) is 11.6 Å². The van der Waals surface area contributed by atoms with Gasteiger partial charge in [0, 0.05) is 10.7 Å². The lowest BCUT2D eigenvalue weighted by atomic mass is 10.1. The summed E-state index contributed by atoms with van der Waals surface area (Å²) in [7, 11) is 0. The summed E-state index contributed by atoms with van der Waals surface area (Å²) in [6, 6.07) is 14.0. The molecule has 1 amide bonds. The number of hydrogen-bond acceptors (Lipinski definition) is 2. The second kappa shape index (κ2) is 5.74. The van der Waals surface area contributed by atoms with Crippen LogP contribution in [-0.2, 0) is 4.79 Å². The summed E-state index contributed by atoms with van der Waals surface area (Å²) in [5, 5.41) is 0.738. The highest BCUT2D eigenvalue weighted by atomic mass is 35.5. The summed E-state index contributed by atoms with van der Waals surface area (Å²) in [4.78, 5) is 14.2. The molecular weight excluding hydrogens is 302 g/mol. The topological polar surface area (TPSA) is 20.3 Å². The van der Waals surface area contributed by atoms with Gasteiger partial charge in [-0.1, -0.05) is 29.8 Å². The average Bonchev–Trinajstić information content (AvgIpc) is 2.80. The number of thioether (sulfide) groups is 1. The fraction of sp³-hybridized carbons (Fsp3) is 0.235. The Morgan fingerprint density at radius 2 is 1.71 bits per heavy atom. The van der Waals surface area contributed by atoms with Crippen LogP contribution in [-0.4, -0.2) is 11.7 Å². The first-order valence-corrected chi connectivity index (χ1v) is 8.25. The molecule has 1 fully saturated rings. The van der Waals surface area contributed by atoms with Crippen LogP contribution in [0.15, 0.2) is 42.5 Å². The maximum atomic E-state index is 12.3. The highest BCUT2D eigenvalue weighted by molar-refractivity contribution is 8.00. The van der Waals surface area contributed by atoms with Gasteiger partial charge in [-0.3, -0.25) is 9.69 Å². The number of carbonyl (C=O) groups excluding carboxylic acids is 1. The Morgan fingerprint density at radius 1 is 1.10 bits per heavy atom. The molecule has 1 atom stereocenters. The summed E-state index contributed by atoms with van der Waals surface area (Å²) < 4.78 is 0. The van der Waals surface area contributed by atoms with Crippen molar-refractivity contribution in [3.05, 3.63) is 64.2 Å². The number of hydrogen-bond donors (Lipinski definition) is 0. The Bertz CT molecular complexity index is 663. The smallest absolute Gasteiger partial charge is 0.238 e. The molecule has 0 bridgehead atoms. The van der Waals surface area contributed by atoms with Gasteiger partial charge in [-0.15, -0.1) is 11.8 Å². The molecule has 1 aliphatic heterocycles. The molecule has 0 saturated carbocycles. The first kappa shape index (κ1) is 14.5. The third-order valence-electron chi connectivity index (χ3n) is 3.51. The van der Waals surface area contributed by atoms with E-state index in [1.807, 2.05) is 29.2 Å². The summed E-state index contributed by atoms with van der Waals surface area (Å²) >= 11 is 7.61. The Hall–Kier alpha value is -1.45. The lowest BCUT2D eigenvalue weighted by Gasteiger charge is -2.25. The van der Waals surface area contributed by atoms with Crippen molar-refractivity contribution < 1.29 is 4.79 Å². The van der Waals surface area contributed by atoms with Gasteiger partial charge in [-0.2, -0.15) is 0 Å². The van der Waals surface area contributed by atoms with E-state index in [0.717, 1.165) is 11.3 Å². The molecule has 1 heterocycles. The zero-order chi connectivity index (χ0) is 15.0. The van der Waals surface area contributed by atoms with E-state index in [1.165, 1.54) is 11.1 Å². The molecule has 21 heavy (non-hydrogen) atoms. The monoisotopic (exact) mass is 317 g/mol. The minimum Gasteiger partial charge on any atom is -0.295 e. The second-order valence-corrected chi connectivity index (χ2v) is 6.83. The first-order chi connectivity index (χ1) is 10.0. The minimum absolute atomic E-state index is 0.0240. The molecule has 4 heteroatoms. The molecule has 3 rings (SSSR count). The van der Waals surface area contributed by atoms with Gasteiger partial charge in [0.05, 0.1) is 5.75 Å². The Labute approximate surface area is 134 Å². The summed E-state index contributed by atoms with van der Waals surface area (Å²) in [5.74, 6) is 0.672. The van der Waals surface area contributed by atoms with Crippen molar-refractivity contribution in [1.82, 2.24) is 0 Å². The second-order valence-electron chi connectivity index (χ2n) is 5.32. The van der Waals surface area contributed by atoms with E-state index >= 15 is 0 Å². The molecular formula is C17H16ClNOS. The molecule has 0 N–H and O–H groups in total. The van der Waals surface area contributed by atoms with Gasteiger partial charge in [-0.25, -0.2) is 0 Å². The highest BCUT2D eigenvalue weighted by Crippen LogP contribution is 2.42. The molecule has 0 aromatic heterocycles. The van der Waals surface area contributed by atoms with E-state index in [2.05, 4.69) is 32.0 Å². The molecule has 0 aliphatic carbocycles. The fourth-order valence-electron chi connectivity index (χ4n) is 2.67. The number of nitrogens with zero attached hydrogens (tertiary/aromatic N) is 1. The van der Waals surface area contributed by atoms with Gasteiger partial charge < -0.3 is 0 Å². The molecule has 1 saturated heterocycles. The highest BCUT2D eigenvalue weighted by Gasteiger charge is 2.34. The van der Waals surface area contributed by atoms with E-state index in [0.29, 0.717) is 10.8 Å². The average molecular weight is 318 g/mol. The van der Waals surface area contributed by atoms with Crippen LogP contribution >= 0.6 is 23.4 Å². The van der Waals surface area contributed by atoms with Crippen molar-refractivity contribution in [3.8, 4) is 0 Å². The maximum absolute atomic E-state index is 12.3. The van der Waals surface area contributed by atoms with Crippen molar-refractivity contribution in [3.63, 3.8) is 0 Å². The SMILES string of the molecule is Cc1cc(C)cc(N2C(=O)CS[C@H]2c2ccc(Cl)cc2)c1. The Morgan fingerprint density at radius 3 is 2.33 bits per heavy atom. The van der Waals surface area contributed by atoms with Crippen molar-refractivity contribution in [1.29, 1.82) is 0 Å². The lowest BCUT2D eigenvalue weighted by molar-refractivity contribution is -0.115. The van der Waals surface area contributed by atoms with Gasteiger partial charge in [0.1, 0.15) is 5.37 Å². The number of rotatable bonds is 2. The largest absolute Gasteiger partial charge is 0.295 e. The molecule has 1 aliphatic rings. The third kappa shape index (κ3) is 2.94. The minimum atomic E-state index is 0.0240. The Kier molecular flexibility index (Phi) is 3.96. The van der Waals surface area contributed by atoms with Gasteiger partial charge in [0.25, 0.3) is 0 Å². The number of carbonyl (C=O) groups is 1. The Balaban J connectivity index is 2.01. The predicted octanol–water partition coefficient (Wildman–Crippen LogP) is 4.74. The van der Waals surface area contributed by atoms with Gasteiger partial charge in [-0.05, 0) is 54.8 Å². The van der Waals surface area contributed by atoms with Crippen LogP contribution in [0.3, 0.4) is 0 Å². The number of amides is 1. The normalized spacial score (nSPS) is 18.3. The molecule has 0 unspecified atom stereocenters. The van der Waals surface area contributed by atoms with Crippen LogP contribution < -0.4 is 4.90 Å². The van der Waals surface area contributed by atoms with E-state index in [-0.39, 0.29) is 11.3 Å². The van der Waals surface area contributed by atoms with Gasteiger partial charge in [0.2, 0.25) is 5.91 Å². The molecule has 0 radical (unpaired) electrons. The maximum Gasteiger partial charge on any atom is 0.238 e. The van der Waals surface area contributed by atoms with Crippen LogP contribution in [0.2, 0.25) is 5.02 Å². The van der Waals surface area contributed by atoms with Gasteiger partial charge in [0.15, 0.2) is 0 Å². The van der Waals surface area contributed by atoms with Gasteiger partial charge >= 0.3 is 0 Å². The molecule has 2 aromatic rings. The van der Waals surface area contributed by atoms with Crippen molar-refractivity contribution in [2.24, 2.45) is 0 Å². The number of aryl methyl sites for hydroxylation is 2. The fourth-order valence-corrected chi connectivity index (χ4v) is 3.97. The standard InChI is InChI=1S/C17H16ClNOS/c1-11-7-12(2)9-15(8-11)19-16(20)10-21-17(19)13-3-5-14(18)6-4-13/h3-9,17H,10H2,1-2H3/t17-/m0/s1. The summed E-state index contributed by atoms with van der Waals surface area (Å²) in [6.07, 6.45) is 0. The zero-order valence-electron chi connectivity index (χ0n) is 12.0. The lowest BCUT2D eigenvalue weighted by Crippen LogP contribution is -2.27. The van der Waals surface area contributed by atoms with Crippen molar-refractivity contribution in [2.45, 2.75) is 19.2 Å². The number of halogens is 1. The molecule has 2 nitrogen and oxygen atoms in total. The first-order valence-electron chi connectivity index (χ1n) is 6.82. The summed E-state index contributed by atoms with van der Waals surface area (Å²) in [6.45, 7) is 4.11. The van der Waals surface area contributed by atoms with E-state index in [9.17, 15) is 4.79 Å². The number of anilines is 1.